The number of morpholine rings is 1. The van der Waals surface area contributed by atoms with Crippen LogP contribution in [0.2, 0.25) is 0 Å². The summed E-state index contributed by atoms with van der Waals surface area (Å²) in [6.07, 6.45) is 4.60. The molecule has 5 nitrogen and oxygen atoms in total. The van der Waals surface area contributed by atoms with Crippen molar-refractivity contribution in [1.82, 2.24) is 5.32 Å². The van der Waals surface area contributed by atoms with E-state index in [0.29, 0.717) is 13.0 Å². The van der Waals surface area contributed by atoms with Crippen molar-refractivity contribution in [3.05, 3.63) is 0 Å². The van der Waals surface area contributed by atoms with E-state index in [0.717, 1.165) is 38.8 Å². The van der Waals surface area contributed by atoms with Gasteiger partial charge in [-0.05, 0) is 19.3 Å². The normalized spacial score (nSPS) is 33.1. The van der Waals surface area contributed by atoms with Gasteiger partial charge in [0.1, 0.15) is 6.10 Å². The predicted octanol–water partition coefficient (Wildman–Crippen LogP) is 0.866. The molecule has 0 aromatic rings. The standard InChI is InChI=1S/C13H23NO4/c1-16-11-3-2-4-12(8-11)18-13(15)7-10-9-17-6-5-14-10/h10-12,14H,2-9H2,1H3. The Hall–Kier alpha value is -0.650. The van der Waals surface area contributed by atoms with Crippen LogP contribution in [0.1, 0.15) is 32.1 Å². The number of ether oxygens (including phenoxy) is 3. The van der Waals surface area contributed by atoms with E-state index < -0.39 is 0 Å². The molecule has 0 radical (unpaired) electrons. The van der Waals surface area contributed by atoms with Crippen LogP contribution < -0.4 is 5.32 Å². The molecule has 0 amide bonds. The van der Waals surface area contributed by atoms with E-state index in [2.05, 4.69) is 5.32 Å². The minimum absolute atomic E-state index is 0.0284. The summed E-state index contributed by atoms with van der Waals surface area (Å²) >= 11 is 0. The van der Waals surface area contributed by atoms with Gasteiger partial charge in [-0.15, -0.1) is 0 Å². The third kappa shape index (κ3) is 4.23. The maximum atomic E-state index is 11.8. The van der Waals surface area contributed by atoms with E-state index in [9.17, 15) is 4.79 Å². The highest BCUT2D eigenvalue weighted by molar-refractivity contribution is 5.70. The molecule has 5 heteroatoms. The van der Waals surface area contributed by atoms with Gasteiger partial charge in [0.2, 0.25) is 0 Å². The molecule has 3 atom stereocenters. The summed E-state index contributed by atoms with van der Waals surface area (Å²) in [4.78, 5) is 11.8. The highest BCUT2D eigenvalue weighted by Gasteiger charge is 2.26. The largest absolute Gasteiger partial charge is 0.462 e. The highest BCUT2D eigenvalue weighted by Crippen LogP contribution is 2.23. The molecule has 18 heavy (non-hydrogen) atoms. The number of hydrogen-bond acceptors (Lipinski definition) is 5. The molecule has 104 valence electrons. The topological polar surface area (TPSA) is 56.8 Å². The first-order chi connectivity index (χ1) is 8.78. The van der Waals surface area contributed by atoms with Gasteiger partial charge in [0.05, 0.1) is 25.7 Å². The Balaban J connectivity index is 1.69. The van der Waals surface area contributed by atoms with Gasteiger partial charge < -0.3 is 19.5 Å². The predicted molar refractivity (Wildman–Crippen MR) is 66.4 cm³/mol. The Morgan fingerprint density at radius 3 is 2.94 bits per heavy atom. The SMILES string of the molecule is COC1CCCC(OC(=O)CC2COCCN2)C1. The minimum Gasteiger partial charge on any atom is -0.462 e. The number of carbonyl (C=O) groups is 1. The zero-order chi connectivity index (χ0) is 12.8. The molecule has 2 aliphatic rings. The van der Waals surface area contributed by atoms with E-state index in [1.807, 2.05) is 0 Å². The molecule has 0 aromatic carbocycles. The van der Waals surface area contributed by atoms with Gasteiger partial charge >= 0.3 is 5.97 Å². The van der Waals surface area contributed by atoms with Crippen molar-refractivity contribution in [2.24, 2.45) is 0 Å². The van der Waals surface area contributed by atoms with Crippen LogP contribution in [0, 0.1) is 0 Å². The summed E-state index contributed by atoms with van der Waals surface area (Å²) in [5.74, 6) is -0.125. The van der Waals surface area contributed by atoms with Gasteiger partial charge in [-0.2, -0.15) is 0 Å². The summed E-state index contributed by atoms with van der Waals surface area (Å²) in [6, 6.07) is 0.105. The van der Waals surface area contributed by atoms with Gasteiger partial charge in [-0.1, -0.05) is 0 Å². The number of hydrogen-bond donors (Lipinski definition) is 1. The number of methoxy groups -OCH3 is 1. The van der Waals surface area contributed by atoms with Crippen molar-refractivity contribution in [3.8, 4) is 0 Å². The van der Waals surface area contributed by atoms with Gasteiger partial charge in [0, 0.05) is 26.1 Å². The third-order valence-electron chi connectivity index (χ3n) is 3.62. The molecule has 3 unspecified atom stereocenters. The Morgan fingerprint density at radius 2 is 2.22 bits per heavy atom. The number of esters is 1. The Labute approximate surface area is 108 Å². The Bertz CT molecular complexity index is 266. The van der Waals surface area contributed by atoms with Crippen LogP contribution in [0.3, 0.4) is 0 Å². The first kappa shape index (κ1) is 13.8. The second kappa shape index (κ2) is 7.07. The smallest absolute Gasteiger partial charge is 0.307 e. The lowest BCUT2D eigenvalue weighted by Gasteiger charge is -2.29. The lowest BCUT2D eigenvalue weighted by atomic mass is 9.95. The van der Waals surface area contributed by atoms with E-state index in [4.69, 9.17) is 14.2 Å². The summed E-state index contributed by atoms with van der Waals surface area (Å²) in [7, 11) is 1.72. The fourth-order valence-corrected chi connectivity index (χ4v) is 2.61. The van der Waals surface area contributed by atoms with E-state index in [1.54, 1.807) is 7.11 Å². The van der Waals surface area contributed by atoms with Crippen molar-refractivity contribution < 1.29 is 19.0 Å². The molecule has 0 bridgehead atoms. The zero-order valence-corrected chi connectivity index (χ0v) is 11.0. The molecule has 1 heterocycles. The molecule has 1 N–H and O–H groups in total. The molecule has 0 spiro atoms. The molecule has 2 rings (SSSR count). The maximum absolute atomic E-state index is 11.8. The second-order valence-electron chi connectivity index (χ2n) is 5.07. The molecule has 1 aliphatic heterocycles. The lowest BCUT2D eigenvalue weighted by Crippen LogP contribution is -2.43. The van der Waals surface area contributed by atoms with Crippen molar-refractivity contribution in [2.45, 2.75) is 50.4 Å². The van der Waals surface area contributed by atoms with Crippen LogP contribution in [0.5, 0.6) is 0 Å². The van der Waals surface area contributed by atoms with Crippen LogP contribution in [-0.4, -0.2) is 51.1 Å². The molecule has 2 fully saturated rings. The third-order valence-corrected chi connectivity index (χ3v) is 3.62. The second-order valence-corrected chi connectivity index (χ2v) is 5.07. The van der Waals surface area contributed by atoms with E-state index in [1.165, 1.54) is 0 Å². The minimum atomic E-state index is -0.125. The summed E-state index contributed by atoms with van der Waals surface area (Å²) in [5.41, 5.74) is 0. The Kier molecular flexibility index (Phi) is 5.41. The number of nitrogens with one attached hydrogen (secondary N) is 1. The fourth-order valence-electron chi connectivity index (χ4n) is 2.61. The summed E-state index contributed by atoms with van der Waals surface area (Å²) in [5, 5.41) is 3.26. The average molecular weight is 257 g/mol. The first-order valence-electron chi connectivity index (χ1n) is 6.81. The molecule has 0 aromatic heterocycles. The van der Waals surface area contributed by atoms with Crippen LogP contribution >= 0.6 is 0 Å². The number of rotatable bonds is 4. The first-order valence-corrected chi connectivity index (χ1v) is 6.81. The van der Waals surface area contributed by atoms with Gasteiger partial charge in [0.25, 0.3) is 0 Å². The molecular formula is C13H23NO4. The van der Waals surface area contributed by atoms with Crippen LogP contribution in [0.15, 0.2) is 0 Å². The Morgan fingerprint density at radius 1 is 1.39 bits per heavy atom. The average Bonchev–Trinajstić information content (AvgIpc) is 2.40. The van der Waals surface area contributed by atoms with Gasteiger partial charge in [-0.3, -0.25) is 4.79 Å². The fraction of sp³-hybridized carbons (Fsp3) is 0.923. The van der Waals surface area contributed by atoms with E-state index in [-0.39, 0.29) is 24.2 Å². The maximum Gasteiger partial charge on any atom is 0.307 e. The van der Waals surface area contributed by atoms with E-state index >= 15 is 0 Å². The van der Waals surface area contributed by atoms with Gasteiger partial charge in [0.15, 0.2) is 0 Å². The van der Waals surface area contributed by atoms with Crippen molar-refractivity contribution in [1.29, 1.82) is 0 Å². The van der Waals surface area contributed by atoms with Gasteiger partial charge in [-0.25, -0.2) is 0 Å². The summed E-state index contributed by atoms with van der Waals surface area (Å²) < 4.78 is 16.2. The van der Waals surface area contributed by atoms with Crippen molar-refractivity contribution >= 4 is 5.97 Å². The monoisotopic (exact) mass is 257 g/mol. The van der Waals surface area contributed by atoms with Crippen LogP contribution in [0.4, 0.5) is 0 Å². The van der Waals surface area contributed by atoms with Crippen molar-refractivity contribution in [3.63, 3.8) is 0 Å². The molecule has 1 aliphatic carbocycles. The zero-order valence-electron chi connectivity index (χ0n) is 11.0. The van der Waals surface area contributed by atoms with Crippen LogP contribution in [0.25, 0.3) is 0 Å². The molecule has 1 saturated heterocycles. The highest BCUT2D eigenvalue weighted by atomic mass is 16.5. The quantitative estimate of drug-likeness (QED) is 0.757. The number of carbonyl (C=O) groups excluding carboxylic acids is 1. The molecule has 1 saturated carbocycles. The summed E-state index contributed by atoms with van der Waals surface area (Å²) in [6.45, 7) is 2.14. The lowest BCUT2D eigenvalue weighted by molar-refractivity contribution is -0.154. The van der Waals surface area contributed by atoms with Crippen LogP contribution in [-0.2, 0) is 19.0 Å². The molecular weight excluding hydrogens is 234 g/mol. The van der Waals surface area contributed by atoms with Crippen molar-refractivity contribution in [2.75, 3.05) is 26.9 Å².